The fourth-order valence-electron chi connectivity index (χ4n) is 2.12. The zero-order valence-corrected chi connectivity index (χ0v) is 14.8. The molecule has 8 heteroatoms. The molecular weight excluding hydrogens is 360 g/mol. The number of hydrogen-bond donors (Lipinski definition) is 1. The number of halogens is 1. The predicted molar refractivity (Wildman–Crippen MR) is 97.3 cm³/mol. The van der Waals surface area contributed by atoms with Gasteiger partial charge in [-0.15, -0.1) is 0 Å². The van der Waals surface area contributed by atoms with Crippen molar-refractivity contribution in [1.82, 2.24) is 5.32 Å². The molecule has 0 spiro atoms. The van der Waals surface area contributed by atoms with Gasteiger partial charge in [0.15, 0.2) is 12.4 Å². The average molecular weight is 379 g/mol. The van der Waals surface area contributed by atoms with Crippen molar-refractivity contribution in [3.63, 3.8) is 0 Å². The minimum Gasteiger partial charge on any atom is -0.477 e. The summed E-state index contributed by atoms with van der Waals surface area (Å²) in [5.41, 5.74) is 0.814. The number of ether oxygens (including phenoxy) is 2. The van der Waals surface area contributed by atoms with Gasteiger partial charge < -0.3 is 14.8 Å². The molecule has 138 valence electrons. The summed E-state index contributed by atoms with van der Waals surface area (Å²) in [5, 5.41) is 13.8. The van der Waals surface area contributed by atoms with Crippen LogP contribution in [0.5, 0.6) is 5.75 Å². The van der Waals surface area contributed by atoms with Crippen molar-refractivity contribution in [3.8, 4) is 5.75 Å². The van der Waals surface area contributed by atoms with Crippen molar-refractivity contribution in [3.05, 3.63) is 69.2 Å². The molecule has 1 amide bonds. The third-order valence-electron chi connectivity index (χ3n) is 3.38. The monoisotopic (exact) mass is 378 g/mol. The highest BCUT2D eigenvalue weighted by Gasteiger charge is 2.16. The molecule has 1 N–H and O–H groups in total. The van der Waals surface area contributed by atoms with Crippen LogP contribution in [0.3, 0.4) is 0 Å². The highest BCUT2D eigenvalue weighted by molar-refractivity contribution is 6.30. The predicted octanol–water partition coefficient (Wildman–Crippen LogP) is 3.35. The van der Waals surface area contributed by atoms with Crippen molar-refractivity contribution in [2.45, 2.75) is 13.0 Å². The van der Waals surface area contributed by atoms with Gasteiger partial charge in [-0.05, 0) is 24.1 Å². The Morgan fingerprint density at radius 3 is 2.69 bits per heavy atom. The van der Waals surface area contributed by atoms with Crippen molar-refractivity contribution in [2.75, 3.05) is 19.8 Å². The number of nitrogens with zero attached hydrogens (tertiary/aromatic N) is 1. The highest BCUT2D eigenvalue weighted by atomic mass is 35.5. The molecule has 2 aromatic carbocycles. The Balaban J connectivity index is 1.63. The van der Waals surface area contributed by atoms with Crippen LogP contribution in [0.25, 0.3) is 0 Å². The minimum atomic E-state index is -0.608. The molecule has 2 aromatic rings. The number of carbonyl (C=O) groups excluding carboxylic acids is 1. The van der Waals surface area contributed by atoms with E-state index in [4.69, 9.17) is 21.1 Å². The van der Waals surface area contributed by atoms with Crippen LogP contribution in [0.4, 0.5) is 5.69 Å². The van der Waals surface area contributed by atoms with Crippen molar-refractivity contribution in [1.29, 1.82) is 0 Å². The van der Waals surface area contributed by atoms with Gasteiger partial charge in [0, 0.05) is 24.2 Å². The summed E-state index contributed by atoms with van der Waals surface area (Å²) in [6, 6.07) is 13.8. The molecule has 0 heterocycles. The molecule has 0 saturated heterocycles. The van der Waals surface area contributed by atoms with Crippen LogP contribution in [0.2, 0.25) is 5.02 Å². The molecule has 0 atom stereocenters. The normalized spacial score (nSPS) is 10.3. The van der Waals surface area contributed by atoms with E-state index < -0.39 is 4.92 Å². The summed E-state index contributed by atoms with van der Waals surface area (Å²) in [6.07, 6.45) is 0.652. The maximum atomic E-state index is 11.7. The molecule has 0 aliphatic rings. The van der Waals surface area contributed by atoms with Crippen molar-refractivity contribution < 1.29 is 19.2 Å². The van der Waals surface area contributed by atoms with E-state index in [-0.39, 0.29) is 29.0 Å². The molecule has 0 aliphatic heterocycles. The number of nitrogens with one attached hydrogen (secondary N) is 1. The van der Waals surface area contributed by atoms with Crippen LogP contribution in [0.1, 0.15) is 12.0 Å². The number of carbonyl (C=O) groups is 1. The molecule has 0 saturated carbocycles. The van der Waals surface area contributed by atoms with Crippen LogP contribution in [0, 0.1) is 10.1 Å². The Hall–Kier alpha value is -2.64. The number of rotatable bonds is 10. The molecule has 0 aromatic heterocycles. The SMILES string of the molecule is O=C(COc1ccc(Cl)cc1[N+](=O)[O-])NCCCOCc1ccccc1. The smallest absolute Gasteiger partial charge is 0.312 e. The lowest BCUT2D eigenvalue weighted by molar-refractivity contribution is -0.385. The Morgan fingerprint density at radius 1 is 1.19 bits per heavy atom. The number of nitro benzene ring substituents is 1. The van der Waals surface area contributed by atoms with Crippen LogP contribution < -0.4 is 10.1 Å². The zero-order valence-electron chi connectivity index (χ0n) is 14.0. The molecule has 7 nitrogen and oxygen atoms in total. The maximum Gasteiger partial charge on any atom is 0.312 e. The molecule has 26 heavy (non-hydrogen) atoms. The molecule has 2 rings (SSSR count). The molecule has 0 bridgehead atoms. The van der Waals surface area contributed by atoms with Crippen LogP contribution in [0.15, 0.2) is 48.5 Å². The quantitative estimate of drug-likeness (QED) is 0.389. The van der Waals surface area contributed by atoms with Crippen LogP contribution >= 0.6 is 11.6 Å². The summed E-state index contributed by atoms with van der Waals surface area (Å²) in [7, 11) is 0. The Bertz CT molecular complexity index is 740. The van der Waals surface area contributed by atoms with Crippen LogP contribution in [-0.2, 0) is 16.1 Å². The lowest BCUT2D eigenvalue weighted by Gasteiger charge is -2.08. The second-order valence-electron chi connectivity index (χ2n) is 5.40. The van der Waals surface area contributed by atoms with E-state index in [0.29, 0.717) is 26.2 Å². The van der Waals surface area contributed by atoms with E-state index in [1.165, 1.54) is 18.2 Å². The van der Waals surface area contributed by atoms with E-state index in [2.05, 4.69) is 5.32 Å². The first-order valence-electron chi connectivity index (χ1n) is 8.01. The lowest BCUT2D eigenvalue weighted by atomic mass is 10.2. The second-order valence-corrected chi connectivity index (χ2v) is 5.84. The fourth-order valence-corrected chi connectivity index (χ4v) is 2.28. The molecule has 0 fully saturated rings. The van der Waals surface area contributed by atoms with E-state index in [1.807, 2.05) is 30.3 Å². The first-order chi connectivity index (χ1) is 12.6. The standard InChI is InChI=1S/C18H19ClN2O5/c19-15-7-8-17(16(11-15)21(23)24)26-13-18(22)20-9-4-10-25-12-14-5-2-1-3-6-14/h1-3,5-8,11H,4,9-10,12-13H2,(H,20,22). The van der Waals surface area contributed by atoms with E-state index in [0.717, 1.165) is 5.56 Å². The third-order valence-corrected chi connectivity index (χ3v) is 3.61. The Morgan fingerprint density at radius 2 is 1.96 bits per heavy atom. The Labute approximate surface area is 156 Å². The van der Waals surface area contributed by atoms with Gasteiger partial charge in [0.25, 0.3) is 5.91 Å². The first-order valence-corrected chi connectivity index (χ1v) is 8.39. The highest BCUT2D eigenvalue weighted by Crippen LogP contribution is 2.29. The number of hydrogen-bond acceptors (Lipinski definition) is 5. The summed E-state index contributed by atoms with van der Waals surface area (Å²) < 4.78 is 10.7. The van der Waals surface area contributed by atoms with Gasteiger partial charge in [-0.25, -0.2) is 0 Å². The average Bonchev–Trinajstić information content (AvgIpc) is 2.64. The van der Waals surface area contributed by atoms with Crippen molar-refractivity contribution >= 4 is 23.2 Å². The second kappa shape index (κ2) is 10.4. The fraction of sp³-hybridized carbons (Fsp3) is 0.278. The summed E-state index contributed by atoms with van der Waals surface area (Å²) in [6.45, 7) is 1.16. The molecule has 0 aliphatic carbocycles. The number of amides is 1. The van der Waals surface area contributed by atoms with Crippen LogP contribution in [-0.4, -0.2) is 30.6 Å². The van der Waals surface area contributed by atoms with E-state index in [9.17, 15) is 14.9 Å². The van der Waals surface area contributed by atoms with Gasteiger partial charge in [-0.2, -0.15) is 0 Å². The number of nitro groups is 1. The Kier molecular flexibility index (Phi) is 7.85. The summed E-state index contributed by atoms with van der Waals surface area (Å²) in [5.74, 6) is -0.363. The molecule has 0 radical (unpaired) electrons. The molecule has 0 unspecified atom stereocenters. The summed E-state index contributed by atoms with van der Waals surface area (Å²) >= 11 is 5.72. The maximum absolute atomic E-state index is 11.7. The molecular formula is C18H19ClN2O5. The first kappa shape index (κ1) is 19.7. The lowest BCUT2D eigenvalue weighted by Crippen LogP contribution is -2.30. The van der Waals surface area contributed by atoms with E-state index in [1.54, 1.807) is 0 Å². The summed E-state index contributed by atoms with van der Waals surface area (Å²) in [4.78, 5) is 22.1. The third kappa shape index (κ3) is 6.70. The van der Waals surface area contributed by atoms with Crippen molar-refractivity contribution in [2.24, 2.45) is 0 Å². The van der Waals surface area contributed by atoms with Gasteiger partial charge >= 0.3 is 5.69 Å². The van der Waals surface area contributed by atoms with Gasteiger partial charge in [0.05, 0.1) is 11.5 Å². The van der Waals surface area contributed by atoms with E-state index >= 15 is 0 Å². The zero-order chi connectivity index (χ0) is 18.8. The topological polar surface area (TPSA) is 90.7 Å². The number of benzene rings is 2. The van der Waals surface area contributed by atoms with Gasteiger partial charge in [-0.1, -0.05) is 41.9 Å². The largest absolute Gasteiger partial charge is 0.477 e. The van der Waals surface area contributed by atoms with Gasteiger partial charge in [0.1, 0.15) is 0 Å². The minimum absolute atomic E-state index is 0.000689. The van der Waals surface area contributed by atoms with Gasteiger partial charge in [0.2, 0.25) is 0 Å². The van der Waals surface area contributed by atoms with Gasteiger partial charge in [-0.3, -0.25) is 14.9 Å².